The van der Waals surface area contributed by atoms with E-state index in [1.807, 2.05) is 6.92 Å². The SMILES string of the molecule is CCOP(OCC1CO1)OCC1CO1. The highest BCUT2D eigenvalue weighted by atomic mass is 31.2. The first kappa shape index (κ1) is 10.7. The van der Waals surface area contributed by atoms with Gasteiger partial charge in [-0.1, -0.05) is 0 Å². The van der Waals surface area contributed by atoms with E-state index in [1.165, 1.54) is 0 Å². The van der Waals surface area contributed by atoms with Crippen LogP contribution in [0.25, 0.3) is 0 Å². The molecule has 0 amide bonds. The van der Waals surface area contributed by atoms with Gasteiger partial charge in [-0.2, -0.15) is 0 Å². The molecule has 0 aliphatic carbocycles. The lowest BCUT2D eigenvalue weighted by Gasteiger charge is -2.14. The van der Waals surface area contributed by atoms with Crippen molar-refractivity contribution in [1.29, 1.82) is 0 Å². The van der Waals surface area contributed by atoms with E-state index in [-0.39, 0.29) is 12.2 Å². The molecule has 0 N–H and O–H groups in total. The van der Waals surface area contributed by atoms with Crippen LogP contribution in [-0.2, 0) is 23.0 Å². The van der Waals surface area contributed by atoms with E-state index in [1.54, 1.807) is 0 Å². The van der Waals surface area contributed by atoms with Gasteiger partial charge in [0.05, 0.1) is 33.0 Å². The van der Waals surface area contributed by atoms with Crippen molar-refractivity contribution < 1.29 is 23.0 Å². The molecular formula is C8H15O5P. The van der Waals surface area contributed by atoms with Crippen LogP contribution in [-0.4, -0.2) is 45.2 Å². The summed E-state index contributed by atoms with van der Waals surface area (Å²) < 4.78 is 26.2. The standard InChI is InChI=1S/C8H15O5P/c1-2-11-14(12-5-7-3-9-7)13-6-8-4-10-8/h7-8H,2-6H2,1H3. The van der Waals surface area contributed by atoms with Crippen molar-refractivity contribution in [3.8, 4) is 0 Å². The number of hydrogen-bond donors (Lipinski definition) is 0. The van der Waals surface area contributed by atoms with E-state index in [9.17, 15) is 0 Å². The number of hydrogen-bond acceptors (Lipinski definition) is 5. The average molecular weight is 222 g/mol. The quantitative estimate of drug-likeness (QED) is 0.454. The summed E-state index contributed by atoms with van der Waals surface area (Å²) in [6.07, 6.45) is 0.502. The second-order valence-electron chi connectivity index (χ2n) is 3.14. The predicted molar refractivity (Wildman–Crippen MR) is 49.9 cm³/mol. The van der Waals surface area contributed by atoms with Crippen LogP contribution in [0.15, 0.2) is 0 Å². The third kappa shape index (κ3) is 4.17. The van der Waals surface area contributed by atoms with Crippen LogP contribution in [0, 0.1) is 0 Å². The fraction of sp³-hybridized carbons (Fsp3) is 1.00. The van der Waals surface area contributed by atoms with Gasteiger partial charge in [-0.05, 0) is 6.92 Å². The van der Waals surface area contributed by atoms with Crippen LogP contribution in [0.2, 0.25) is 0 Å². The molecule has 2 unspecified atom stereocenters. The Balaban J connectivity index is 1.57. The van der Waals surface area contributed by atoms with Crippen LogP contribution in [0.3, 0.4) is 0 Å². The molecule has 2 fully saturated rings. The van der Waals surface area contributed by atoms with E-state index in [0.29, 0.717) is 19.8 Å². The summed E-state index contributed by atoms with van der Waals surface area (Å²) in [6.45, 7) is 5.24. The van der Waals surface area contributed by atoms with Crippen molar-refractivity contribution in [2.45, 2.75) is 19.1 Å². The Hall–Kier alpha value is 0.230. The second-order valence-corrected chi connectivity index (χ2v) is 4.37. The molecule has 82 valence electrons. The first-order valence-corrected chi connectivity index (χ1v) is 5.90. The average Bonchev–Trinajstić information content (AvgIpc) is 3.02. The predicted octanol–water partition coefficient (Wildman–Crippen LogP) is 1.08. The number of rotatable bonds is 8. The zero-order valence-corrected chi connectivity index (χ0v) is 9.07. The van der Waals surface area contributed by atoms with Gasteiger partial charge in [0.25, 0.3) is 0 Å². The molecule has 6 heteroatoms. The molecule has 0 saturated carbocycles. The van der Waals surface area contributed by atoms with Crippen LogP contribution < -0.4 is 0 Å². The molecule has 2 aliphatic heterocycles. The van der Waals surface area contributed by atoms with Gasteiger partial charge in [-0.3, -0.25) is 0 Å². The molecule has 2 rings (SSSR count). The molecule has 2 heterocycles. The number of ether oxygens (including phenoxy) is 2. The highest BCUT2D eigenvalue weighted by Gasteiger charge is 2.28. The Morgan fingerprint density at radius 3 is 1.93 bits per heavy atom. The zero-order chi connectivity index (χ0) is 9.80. The third-order valence-electron chi connectivity index (χ3n) is 1.77. The Morgan fingerprint density at radius 1 is 1.07 bits per heavy atom. The molecule has 0 bridgehead atoms. The summed E-state index contributed by atoms with van der Waals surface area (Å²) in [5.41, 5.74) is 0. The first-order chi connectivity index (χ1) is 6.88. The van der Waals surface area contributed by atoms with Gasteiger partial charge in [0.1, 0.15) is 12.2 Å². The Labute approximate surface area is 84.6 Å². The molecule has 0 aromatic carbocycles. The van der Waals surface area contributed by atoms with Crippen molar-refractivity contribution in [2.24, 2.45) is 0 Å². The molecule has 0 aromatic heterocycles. The normalized spacial score (nSPS) is 31.5. The van der Waals surface area contributed by atoms with Crippen molar-refractivity contribution in [2.75, 3.05) is 33.0 Å². The molecular weight excluding hydrogens is 207 g/mol. The van der Waals surface area contributed by atoms with Gasteiger partial charge in [0.15, 0.2) is 0 Å². The monoisotopic (exact) mass is 222 g/mol. The smallest absolute Gasteiger partial charge is 0.332 e. The summed E-state index contributed by atoms with van der Waals surface area (Å²) in [4.78, 5) is 0. The van der Waals surface area contributed by atoms with E-state index in [0.717, 1.165) is 13.2 Å². The van der Waals surface area contributed by atoms with Crippen LogP contribution in [0.1, 0.15) is 6.92 Å². The van der Waals surface area contributed by atoms with Crippen molar-refractivity contribution in [3.63, 3.8) is 0 Å². The van der Waals surface area contributed by atoms with E-state index < -0.39 is 8.60 Å². The fourth-order valence-electron chi connectivity index (χ4n) is 0.834. The van der Waals surface area contributed by atoms with Crippen LogP contribution >= 0.6 is 8.60 Å². The first-order valence-electron chi connectivity index (χ1n) is 4.80. The maximum Gasteiger partial charge on any atom is 0.332 e. The highest BCUT2D eigenvalue weighted by Crippen LogP contribution is 2.41. The Kier molecular flexibility index (Phi) is 4.10. The van der Waals surface area contributed by atoms with Crippen molar-refractivity contribution in [1.82, 2.24) is 0 Å². The van der Waals surface area contributed by atoms with Crippen LogP contribution in [0.4, 0.5) is 0 Å². The molecule has 0 aromatic rings. The summed E-state index contributed by atoms with van der Waals surface area (Å²) in [5, 5.41) is 0. The minimum absolute atomic E-state index is 0.251. The van der Waals surface area contributed by atoms with Gasteiger partial charge in [-0.15, -0.1) is 0 Å². The van der Waals surface area contributed by atoms with E-state index >= 15 is 0 Å². The summed E-state index contributed by atoms with van der Waals surface area (Å²) in [7, 11) is -1.21. The third-order valence-corrected chi connectivity index (χ3v) is 2.96. The maximum atomic E-state index is 5.42. The molecule has 5 nitrogen and oxygen atoms in total. The topological polar surface area (TPSA) is 52.8 Å². The van der Waals surface area contributed by atoms with E-state index in [4.69, 9.17) is 23.0 Å². The molecule has 2 atom stereocenters. The van der Waals surface area contributed by atoms with Gasteiger partial charge in [0, 0.05) is 0 Å². The minimum atomic E-state index is -1.21. The lowest BCUT2D eigenvalue weighted by atomic mass is 10.5. The lowest BCUT2D eigenvalue weighted by Crippen LogP contribution is -2.04. The van der Waals surface area contributed by atoms with E-state index in [2.05, 4.69) is 0 Å². The summed E-state index contributed by atoms with van der Waals surface area (Å²) in [5.74, 6) is 0. The Bertz CT molecular complexity index is 155. The molecule has 0 radical (unpaired) electrons. The Morgan fingerprint density at radius 2 is 1.57 bits per heavy atom. The maximum absolute atomic E-state index is 5.42. The number of epoxide rings is 2. The molecule has 2 aliphatic rings. The summed E-state index contributed by atoms with van der Waals surface area (Å²) >= 11 is 0. The fourth-order valence-corrected chi connectivity index (χ4v) is 1.84. The van der Waals surface area contributed by atoms with Gasteiger partial charge in [0.2, 0.25) is 0 Å². The second kappa shape index (κ2) is 5.35. The lowest BCUT2D eigenvalue weighted by molar-refractivity contribution is 0.147. The van der Waals surface area contributed by atoms with Crippen molar-refractivity contribution in [3.05, 3.63) is 0 Å². The van der Waals surface area contributed by atoms with Gasteiger partial charge in [-0.25, -0.2) is 0 Å². The molecule has 14 heavy (non-hydrogen) atoms. The van der Waals surface area contributed by atoms with Crippen molar-refractivity contribution >= 4 is 8.60 Å². The van der Waals surface area contributed by atoms with Crippen LogP contribution in [0.5, 0.6) is 0 Å². The molecule has 2 saturated heterocycles. The highest BCUT2D eigenvalue weighted by molar-refractivity contribution is 7.41. The summed E-state index contributed by atoms with van der Waals surface area (Å²) in [6, 6.07) is 0. The van der Waals surface area contributed by atoms with Gasteiger partial charge >= 0.3 is 8.60 Å². The largest absolute Gasteiger partial charge is 0.371 e. The minimum Gasteiger partial charge on any atom is -0.371 e. The zero-order valence-electron chi connectivity index (χ0n) is 8.18. The molecule has 0 spiro atoms. The van der Waals surface area contributed by atoms with Gasteiger partial charge < -0.3 is 23.0 Å².